The van der Waals surface area contributed by atoms with Crippen molar-refractivity contribution in [1.82, 2.24) is 30.4 Å². The summed E-state index contributed by atoms with van der Waals surface area (Å²) >= 11 is 7.23. The number of aromatic nitrogens is 5. The summed E-state index contributed by atoms with van der Waals surface area (Å²) in [6.07, 6.45) is 1.40. The summed E-state index contributed by atoms with van der Waals surface area (Å²) in [6, 6.07) is 9.36. The van der Waals surface area contributed by atoms with Gasteiger partial charge in [-0.1, -0.05) is 41.6 Å². The van der Waals surface area contributed by atoms with Gasteiger partial charge in [-0.2, -0.15) is 15.3 Å². The van der Waals surface area contributed by atoms with E-state index in [1.165, 1.54) is 6.21 Å². The van der Waals surface area contributed by atoms with Gasteiger partial charge in [0.25, 0.3) is 5.56 Å². The van der Waals surface area contributed by atoms with Gasteiger partial charge in [0.15, 0.2) is 5.03 Å². The fourth-order valence-corrected chi connectivity index (χ4v) is 3.11. The van der Waals surface area contributed by atoms with Crippen molar-refractivity contribution in [3.05, 3.63) is 67.6 Å². The van der Waals surface area contributed by atoms with Crippen LogP contribution in [-0.4, -0.2) is 42.8 Å². The van der Waals surface area contributed by atoms with Crippen LogP contribution in [0.25, 0.3) is 5.69 Å². The lowest BCUT2D eigenvalue weighted by molar-refractivity contribution is -0.118. The Bertz CT molecular complexity index is 1140. The zero-order valence-corrected chi connectivity index (χ0v) is 16.0. The Balaban J connectivity index is 1.63. The molecule has 3 N–H and O–H groups in total. The minimum Gasteiger partial charge on any atom is -0.272 e. The van der Waals surface area contributed by atoms with Crippen LogP contribution in [0.3, 0.4) is 0 Å². The number of thioether (sulfide) groups is 1. The number of carbonyl (C=O) groups is 1. The predicted molar refractivity (Wildman–Crippen MR) is 105 cm³/mol. The maximum Gasteiger partial charge on any atom is 0.342 e. The average Bonchev–Trinajstić information content (AvgIpc) is 2.96. The van der Waals surface area contributed by atoms with Crippen molar-refractivity contribution >= 4 is 35.5 Å². The molecule has 2 aromatic heterocycles. The van der Waals surface area contributed by atoms with E-state index in [2.05, 4.69) is 25.8 Å². The SMILES string of the molecule is Cc1nn(-c2ccccc2)c(Cl)c1/C=N\NC(=O)CSc1n[nH]c(=O)[nH]c1=O. The largest absolute Gasteiger partial charge is 0.342 e. The van der Waals surface area contributed by atoms with Gasteiger partial charge in [0, 0.05) is 0 Å². The summed E-state index contributed by atoms with van der Waals surface area (Å²) in [5.41, 5.74) is 2.97. The number of hydrogen-bond donors (Lipinski definition) is 3. The van der Waals surface area contributed by atoms with E-state index in [0.29, 0.717) is 16.4 Å². The third-order valence-electron chi connectivity index (χ3n) is 3.45. The number of hydrogen-bond acceptors (Lipinski definition) is 7. The molecule has 0 aliphatic heterocycles. The molecule has 0 aliphatic carbocycles. The summed E-state index contributed by atoms with van der Waals surface area (Å²) in [4.78, 5) is 36.3. The Morgan fingerprint density at radius 1 is 1.36 bits per heavy atom. The predicted octanol–water partition coefficient (Wildman–Crippen LogP) is 0.848. The number of hydrazone groups is 1. The van der Waals surface area contributed by atoms with Crippen molar-refractivity contribution < 1.29 is 4.79 Å². The van der Waals surface area contributed by atoms with Crippen molar-refractivity contribution in [2.45, 2.75) is 11.9 Å². The highest BCUT2D eigenvalue weighted by Gasteiger charge is 2.13. The first-order chi connectivity index (χ1) is 13.5. The third kappa shape index (κ3) is 4.56. The molecule has 0 atom stereocenters. The molecule has 2 heterocycles. The minimum atomic E-state index is -0.716. The van der Waals surface area contributed by atoms with Gasteiger partial charge in [-0.3, -0.25) is 14.6 Å². The molecule has 0 saturated carbocycles. The molecule has 0 radical (unpaired) electrons. The number of rotatable bonds is 6. The fraction of sp³-hybridized carbons (Fsp3) is 0.125. The number of carbonyl (C=O) groups excluding carboxylic acids is 1. The quantitative estimate of drug-likeness (QED) is 0.307. The Morgan fingerprint density at radius 2 is 2.11 bits per heavy atom. The lowest BCUT2D eigenvalue weighted by atomic mass is 10.3. The van der Waals surface area contributed by atoms with E-state index in [1.807, 2.05) is 35.3 Å². The van der Waals surface area contributed by atoms with Gasteiger partial charge in [-0.15, -0.1) is 0 Å². The number of para-hydroxylation sites is 1. The molecule has 12 heteroatoms. The summed E-state index contributed by atoms with van der Waals surface area (Å²) in [5, 5.41) is 14.2. The zero-order chi connectivity index (χ0) is 20.1. The zero-order valence-electron chi connectivity index (χ0n) is 14.5. The van der Waals surface area contributed by atoms with Gasteiger partial charge < -0.3 is 0 Å². The number of aryl methyl sites for hydroxylation is 1. The number of H-pyrrole nitrogens is 2. The number of benzene rings is 1. The number of amides is 1. The molecular formula is C16H14ClN7O3S. The van der Waals surface area contributed by atoms with Gasteiger partial charge in [0.05, 0.1) is 28.9 Å². The fourth-order valence-electron chi connectivity index (χ4n) is 2.17. The van der Waals surface area contributed by atoms with Crippen LogP contribution in [0.4, 0.5) is 0 Å². The van der Waals surface area contributed by atoms with Gasteiger partial charge in [0.2, 0.25) is 5.91 Å². The van der Waals surface area contributed by atoms with E-state index in [1.54, 1.807) is 11.6 Å². The number of nitrogens with zero attached hydrogens (tertiary/aromatic N) is 4. The maximum absolute atomic E-state index is 11.9. The summed E-state index contributed by atoms with van der Waals surface area (Å²) < 4.78 is 1.57. The first kappa shape index (κ1) is 19.6. The van der Waals surface area contributed by atoms with Crippen LogP contribution >= 0.6 is 23.4 Å². The van der Waals surface area contributed by atoms with Crippen LogP contribution in [0, 0.1) is 6.92 Å². The molecule has 0 saturated heterocycles. The molecule has 0 spiro atoms. The second kappa shape index (κ2) is 8.67. The molecule has 0 bridgehead atoms. The van der Waals surface area contributed by atoms with E-state index in [4.69, 9.17) is 11.6 Å². The van der Waals surface area contributed by atoms with Crippen LogP contribution in [0.15, 0.2) is 50.0 Å². The van der Waals surface area contributed by atoms with Crippen LogP contribution in [0.5, 0.6) is 0 Å². The van der Waals surface area contributed by atoms with E-state index in [-0.39, 0.29) is 10.8 Å². The molecule has 0 aliphatic rings. The van der Waals surface area contributed by atoms with E-state index >= 15 is 0 Å². The lowest BCUT2D eigenvalue weighted by Crippen LogP contribution is -2.26. The van der Waals surface area contributed by atoms with Gasteiger partial charge >= 0.3 is 5.69 Å². The number of halogens is 1. The van der Waals surface area contributed by atoms with Crippen LogP contribution < -0.4 is 16.7 Å². The highest BCUT2D eigenvalue weighted by Crippen LogP contribution is 2.21. The standard InChI is InChI=1S/C16H14ClN7O3S/c1-9-11(13(17)24(23-9)10-5-3-2-4-6-10)7-18-20-12(25)8-28-15-14(26)19-16(27)22-21-15/h2-7H,8H2,1H3,(H,20,25)(H2,19,22,26,27)/b18-7-. The topological polar surface area (TPSA) is 138 Å². The Labute approximate surface area is 167 Å². The molecule has 3 aromatic rings. The lowest BCUT2D eigenvalue weighted by Gasteiger charge is -2.02. The Kier molecular flexibility index (Phi) is 6.06. The monoisotopic (exact) mass is 419 g/mol. The van der Waals surface area contributed by atoms with E-state index < -0.39 is 17.2 Å². The van der Waals surface area contributed by atoms with E-state index in [9.17, 15) is 14.4 Å². The van der Waals surface area contributed by atoms with Crippen LogP contribution in [0.2, 0.25) is 5.15 Å². The van der Waals surface area contributed by atoms with Gasteiger partial charge in [-0.25, -0.2) is 20.0 Å². The molecule has 10 nitrogen and oxygen atoms in total. The molecule has 1 aromatic carbocycles. The van der Waals surface area contributed by atoms with Crippen molar-refractivity contribution in [2.75, 3.05) is 5.75 Å². The summed E-state index contributed by atoms with van der Waals surface area (Å²) in [7, 11) is 0. The number of aromatic amines is 2. The number of nitrogens with one attached hydrogen (secondary N) is 3. The van der Waals surface area contributed by atoms with Gasteiger partial charge in [-0.05, 0) is 19.1 Å². The van der Waals surface area contributed by atoms with Crippen LogP contribution in [0.1, 0.15) is 11.3 Å². The second-order valence-electron chi connectivity index (χ2n) is 5.43. The molecule has 144 valence electrons. The first-order valence-corrected chi connectivity index (χ1v) is 9.26. The first-order valence-electron chi connectivity index (χ1n) is 7.90. The minimum absolute atomic E-state index is 0.0262. The maximum atomic E-state index is 11.9. The molecule has 1 amide bonds. The van der Waals surface area contributed by atoms with Crippen molar-refractivity contribution in [1.29, 1.82) is 0 Å². The molecule has 28 heavy (non-hydrogen) atoms. The van der Waals surface area contributed by atoms with E-state index in [0.717, 1.165) is 17.4 Å². The molecular weight excluding hydrogens is 406 g/mol. The second-order valence-corrected chi connectivity index (χ2v) is 6.75. The van der Waals surface area contributed by atoms with Crippen molar-refractivity contribution in [2.24, 2.45) is 5.10 Å². The summed E-state index contributed by atoms with van der Waals surface area (Å²) in [6.45, 7) is 1.78. The Morgan fingerprint density at radius 3 is 2.82 bits per heavy atom. The third-order valence-corrected chi connectivity index (χ3v) is 4.77. The summed E-state index contributed by atoms with van der Waals surface area (Å²) in [5.74, 6) is -0.576. The average molecular weight is 420 g/mol. The normalized spacial score (nSPS) is 11.1. The molecule has 0 fully saturated rings. The Hall–Kier alpha value is -3.18. The van der Waals surface area contributed by atoms with Gasteiger partial charge in [0.1, 0.15) is 5.15 Å². The molecule has 0 unspecified atom stereocenters. The molecule has 3 rings (SSSR count). The highest BCUT2D eigenvalue weighted by atomic mass is 35.5. The highest BCUT2D eigenvalue weighted by molar-refractivity contribution is 7.99. The van der Waals surface area contributed by atoms with Crippen LogP contribution in [-0.2, 0) is 4.79 Å². The smallest absolute Gasteiger partial charge is 0.272 e. The van der Waals surface area contributed by atoms with Crippen molar-refractivity contribution in [3.63, 3.8) is 0 Å². The van der Waals surface area contributed by atoms with Crippen molar-refractivity contribution in [3.8, 4) is 5.69 Å².